The number of carbonyl (C=O) groups is 1. The van der Waals surface area contributed by atoms with Crippen LogP contribution in [0, 0.1) is 13.8 Å². The van der Waals surface area contributed by atoms with Crippen molar-refractivity contribution >= 4 is 28.4 Å². The molecule has 0 radical (unpaired) electrons. The Balaban J connectivity index is 1.56. The number of rotatable bonds is 5. The summed E-state index contributed by atoms with van der Waals surface area (Å²) in [4.78, 5) is 18.4. The maximum Gasteiger partial charge on any atom is 0.252 e. The van der Waals surface area contributed by atoms with Gasteiger partial charge in [0.05, 0.1) is 22.3 Å². The minimum Gasteiger partial charge on any atom is -0.361 e. The van der Waals surface area contributed by atoms with E-state index in [9.17, 15) is 4.79 Å². The van der Waals surface area contributed by atoms with Crippen LogP contribution in [0.5, 0.6) is 0 Å². The van der Waals surface area contributed by atoms with E-state index in [0.29, 0.717) is 17.1 Å². The van der Waals surface area contributed by atoms with Crippen LogP contribution < -0.4 is 5.32 Å². The molecule has 0 bridgehead atoms. The molecule has 2 aromatic heterocycles. The van der Waals surface area contributed by atoms with Crippen LogP contribution in [0.2, 0.25) is 5.02 Å². The number of fused-ring (bicyclic) bond motifs is 1. The second kappa shape index (κ2) is 7.97. The van der Waals surface area contributed by atoms with Crippen molar-refractivity contribution in [2.75, 3.05) is 19.6 Å². The van der Waals surface area contributed by atoms with Gasteiger partial charge in [0.25, 0.3) is 5.91 Å². The van der Waals surface area contributed by atoms with Gasteiger partial charge in [-0.05, 0) is 58.0 Å². The Hall–Kier alpha value is -2.31. The average molecular weight is 401 g/mol. The molecule has 2 N–H and O–H groups in total. The van der Waals surface area contributed by atoms with Crippen molar-refractivity contribution < 1.29 is 9.32 Å². The summed E-state index contributed by atoms with van der Waals surface area (Å²) in [5.74, 6) is 0.649. The summed E-state index contributed by atoms with van der Waals surface area (Å²) in [5, 5.41) is 8.54. The molecule has 1 aliphatic rings. The van der Waals surface area contributed by atoms with E-state index < -0.39 is 0 Å². The van der Waals surface area contributed by atoms with Gasteiger partial charge in [-0.15, -0.1) is 0 Å². The Bertz CT molecular complexity index is 968. The fourth-order valence-electron chi connectivity index (χ4n) is 4.17. The molecule has 3 aromatic rings. The van der Waals surface area contributed by atoms with Gasteiger partial charge in [0.15, 0.2) is 0 Å². The maximum atomic E-state index is 12.9. The summed E-state index contributed by atoms with van der Waals surface area (Å²) in [7, 11) is 0. The predicted octanol–water partition coefficient (Wildman–Crippen LogP) is 4.38. The van der Waals surface area contributed by atoms with E-state index in [-0.39, 0.29) is 11.9 Å². The zero-order valence-corrected chi connectivity index (χ0v) is 17.0. The number of hydrogen-bond acceptors (Lipinski definition) is 4. The van der Waals surface area contributed by atoms with Gasteiger partial charge in [-0.25, -0.2) is 0 Å². The molecule has 1 atom stereocenters. The number of aromatic nitrogens is 2. The molecule has 28 heavy (non-hydrogen) atoms. The summed E-state index contributed by atoms with van der Waals surface area (Å²) in [6.45, 7) is 6.41. The molecule has 6 nitrogen and oxygen atoms in total. The minimum absolute atomic E-state index is 0.0465. The first kappa shape index (κ1) is 19.0. The number of likely N-dealkylation sites (tertiary alicyclic amines) is 1. The smallest absolute Gasteiger partial charge is 0.252 e. The number of nitrogens with zero attached hydrogens (tertiary/aromatic N) is 2. The van der Waals surface area contributed by atoms with Crippen LogP contribution in [-0.2, 0) is 0 Å². The molecular weight excluding hydrogens is 376 g/mol. The van der Waals surface area contributed by atoms with E-state index in [1.807, 2.05) is 32.2 Å². The number of aromatic amines is 1. The molecular formula is C21H25ClN4O2. The van der Waals surface area contributed by atoms with Gasteiger partial charge in [0, 0.05) is 29.2 Å². The number of halogens is 1. The van der Waals surface area contributed by atoms with Crippen LogP contribution in [0.15, 0.2) is 28.9 Å². The van der Waals surface area contributed by atoms with Gasteiger partial charge < -0.3 is 14.8 Å². The van der Waals surface area contributed by atoms with Gasteiger partial charge >= 0.3 is 0 Å². The first-order chi connectivity index (χ1) is 13.6. The number of carbonyl (C=O) groups excluding carboxylic acids is 1. The highest BCUT2D eigenvalue weighted by Gasteiger charge is 2.28. The minimum atomic E-state index is -0.165. The highest BCUT2D eigenvalue weighted by atomic mass is 35.5. The number of nitrogens with one attached hydrogen (secondary N) is 2. The number of piperidine rings is 1. The zero-order chi connectivity index (χ0) is 19.7. The van der Waals surface area contributed by atoms with Crippen LogP contribution in [-0.4, -0.2) is 40.6 Å². The van der Waals surface area contributed by atoms with Gasteiger partial charge in [0.2, 0.25) is 0 Å². The lowest BCUT2D eigenvalue weighted by Crippen LogP contribution is -2.41. The lowest BCUT2D eigenvalue weighted by atomic mass is 10.00. The largest absolute Gasteiger partial charge is 0.361 e. The van der Waals surface area contributed by atoms with E-state index in [4.69, 9.17) is 16.1 Å². The van der Waals surface area contributed by atoms with E-state index in [2.05, 4.69) is 20.4 Å². The molecule has 0 saturated carbocycles. The second-order valence-electron chi connectivity index (χ2n) is 7.43. The third kappa shape index (κ3) is 3.54. The van der Waals surface area contributed by atoms with Crippen LogP contribution in [0.25, 0.3) is 10.9 Å². The highest BCUT2D eigenvalue weighted by molar-refractivity contribution is 6.38. The van der Waals surface area contributed by atoms with Crippen molar-refractivity contribution in [1.82, 2.24) is 20.4 Å². The topological polar surface area (TPSA) is 74.2 Å². The Morgan fingerprint density at radius 3 is 2.79 bits per heavy atom. The van der Waals surface area contributed by atoms with Crippen molar-refractivity contribution in [2.24, 2.45) is 0 Å². The number of aryl methyl sites for hydroxylation is 2. The van der Waals surface area contributed by atoms with Crippen LogP contribution in [0.3, 0.4) is 0 Å². The summed E-state index contributed by atoms with van der Waals surface area (Å²) in [6.07, 6.45) is 5.42. The number of benzene rings is 1. The molecule has 4 rings (SSSR count). The van der Waals surface area contributed by atoms with E-state index >= 15 is 0 Å². The molecule has 148 valence electrons. The normalized spacial score (nSPS) is 16.4. The van der Waals surface area contributed by atoms with Gasteiger partial charge in [-0.3, -0.25) is 9.69 Å². The van der Waals surface area contributed by atoms with Gasteiger partial charge in [0.1, 0.15) is 5.76 Å². The summed E-state index contributed by atoms with van der Waals surface area (Å²) >= 11 is 6.48. The van der Waals surface area contributed by atoms with Crippen molar-refractivity contribution in [3.8, 4) is 0 Å². The fraction of sp³-hybridized carbons (Fsp3) is 0.429. The van der Waals surface area contributed by atoms with Gasteiger partial charge in [-0.1, -0.05) is 23.2 Å². The number of H-pyrrole nitrogens is 1. The third-order valence-corrected chi connectivity index (χ3v) is 6.03. The Morgan fingerprint density at radius 2 is 2.07 bits per heavy atom. The van der Waals surface area contributed by atoms with Crippen LogP contribution in [0.1, 0.15) is 52.7 Å². The number of hydrogen-bond donors (Lipinski definition) is 2. The monoisotopic (exact) mass is 400 g/mol. The van der Waals surface area contributed by atoms with Crippen molar-refractivity contribution in [3.05, 3.63) is 52.0 Å². The Kier molecular flexibility index (Phi) is 5.42. The lowest BCUT2D eigenvalue weighted by Gasteiger charge is -2.34. The molecule has 1 amide bonds. The van der Waals surface area contributed by atoms with Crippen molar-refractivity contribution in [1.29, 1.82) is 0 Å². The van der Waals surface area contributed by atoms with Gasteiger partial charge in [-0.2, -0.15) is 0 Å². The second-order valence-corrected chi connectivity index (χ2v) is 7.80. The average Bonchev–Trinajstić information content (AvgIpc) is 3.31. The van der Waals surface area contributed by atoms with Crippen LogP contribution >= 0.6 is 11.6 Å². The molecule has 1 fully saturated rings. The lowest BCUT2D eigenvalue weighted by molar-refractivity contribution is 0.0923. The zero-order valence-electron chi connectivity index (χ0n) is 16.2. The molecule has 1 aromatic carbocycles. The molecule has 3 heterocycles. The molecule has 1 unspecified atom stereocenters. The quantitative estimate of drug-likeness (QED) is 0.666. The van der Waals surface area contributed by atoms with E-state index in [1.54, 1.807) is 6.07 Å². The Morgan fingerprint density at radius 1 is 1.29 bits per heavy atom. The summed E-state index contributed by atoms with van der Waals surface area (Å²) in [5.41, 5.74) is 3.37. The molecule has 1 saturated heterocycles. The first-order valence-corrected chi connectivity index (χ1v) is 10.1. The SMILES string of the molecule is Cc1noc(C)c1C(CNC(=O)c1ccc2[nH]ccc2c1Cl)N1CCCCC1. The highest BCUT2D eigenvalue weighted by Crippen LogP contribution is 2.30. The van der Waals surface area contributed by atoms with E-state index in [0.717, 1.165) is 41.0 Å². The first-order valence-electron chi connectivity index (χ1n) is 9.77. The molecule has 7 heteroatoms. The fourth-order valence-corrected chi connectivity index (χ4v) is 4.48. The van der Waals surface area contributed by atoms with Crippen LogP contribution in [0.4, 0.5) is 0 Å². The molecule has 1 aliphatic heterocycles. The molecule has 0 aliphatic carbocycles. The predicted molar refractivity (Wildman–Crippen MR) is 110 cm³/mol. The van der Waals surface area contributed by atoms with Crippen molar-refractivity contribution in [2.45, 2.75) is 39.2 Å². The third-order valence-electron chi connectivity index (χ3n) is 5.62. The summed E-state index contributed by atoms with van der Waals surface area (Å²) < 4.78 is 5.40. The van der Waals surface area contributed by atoms with Crippen molar-refractivity contribution in [3.63, 3.8) is 0 Å². The summed E-state index contributed by atoms with van der Waals surface area (Å²) in [6, 6.07) is 5.58. The standard InChI is InChI=1S/C21H25ClN4O2/c1-13-19(14(2)28-25-13)18(26-10-4-3-5-11-26)12-24-21(27)16-6-7-17-15(20(16)22)8-9-23-17/h6-9,18,23H,3-5,10-12H2,1-2H3,(H,24,27). The van der Waals surface area contributed by atoms with E-state index in [1.165, 1.54) is 19.3 Å². The maximum absolute atomic E-state index is 12.9. The molecule has 0 spiro atoms. The number of amides is 1. The Labute approximate surface area is 169 Å².